The summed E-state index contributed by atoms with van der Waals surface area (Å²) in [5.74, 6) is 0.668. The Morgan fingerprint density at radius 3 is 2.48 bits per heavy atom. The summed E-state index contributed by atoms with van der Waals surface area (Å²) in [6.45, 7) is 6.55. The van der Waals surface area contributed by atoms with E-state index in [0.717, 1.165) is 6.42 Å². The van der Waals surface area contributed by atoms with Crippen molar-refractivity contribution in [2.45, 2.75) is 20.3 Å². The van der Waals surface area contributed by atoms with Gasteiger partial charge in [0.05, 0.1) is 12.2 Å². The topological polar surface area (TPSA) is 49.9 Å². The molecule has 0 N–H and O–H groups in total. The molecule has 0 atom stereocenters. The predicted octanol–water partition coefficient (Wildman–Crippen LogP) is 1.78. The minimum Gasteiger partial charge on any atom is -0.493 e. The average Bonchev–Trinajstić information content (AvgIpc) is 2.73. The van der Waals surface area contributed by atoms with Crippen LogP contribution in [0.4, 0.5) is 0 Å². The third-order valence-corrected chi connectivity index (χ3v) is 3.65. The van der Waals surface area contributed by atoms with Crippen LogP contribution in [0.15, 0.2) is 24.3 Å². The second-order valence-electron chi connectivity index (χ2n) is 5.08. The Morgan fingerprint density at radius 2 is 1.76 bits per heavy atom. The molecule has 1 aliphatic heterocycles. The molecular weight excluding hydrogens is 268 g/mol. The lowest BCUT2D eigenvalue weighted by Crippen LogP contribution is -2.36. The van der Waals surface area contributed by atoms with Gasteiger partial charge in [0.25, 0.3) is 5.91 Å². The summed E-state index contributed by atoms with van der Waals surface area (Å²) in [4.78, 5) is 27.7. The monoisotopic (exact) mass is 290 g/mol. The fraction of sp³-hybridized carbons (Fsp3) is 0.500. The van der Waals surface area contributed by atoms with Crippen molar-refractivity contribution in [1.82, 2.24) is 9.80 Å². The number of carbonyl (C=O) groups is 2. The van der Waals surface area contributed by atoms with Crippen LogP contribution in [0.3, 0.4) is 0 Å². The zero-order chi connectivity index (χ0) is 15.2. The molecule has 5 heteroatoms. The van der Waals surface area contributed by atoms with E-state index >= 15 is 0 Å². The maximum absolute atomic E-state index is 12.7. The van der Waals surface area contributed by atoms with Crippen LogP contribution in [0.1, 0.15) is 30.6 Å². The van der Waals surface area contributed by atoms with Gasteiger partial charge in [-0.05, 0) is 25.5 Å². The second kappa shape index (κ2) is 7.11. The molecule has 1 aliphatic rings. The summed E-state index contributed by atoms with van der Waals surface area (Å²) in [6, 6.07) is 7.31. The highest BCUT2D eigenvalue weighted by Crippen LogP contribution is 2.20. The van der Waals surface area contributed by atoms with Gasteiger partial charge in [-0.3, -0.25) is 9.59 Å². The lowest BCUT2D eigenvalue weighted by molar-refractivity contribution is -0.128. The van der Waals surface area contributed by atoms with Crippen molar-refractivity contribution < 1.29 is 14.3 Å². The number of rotatable bonds is 3. The Balaban J connectivity index is 2.11. The molecule has 0 aliphatic carbocycles. The smallest absolute Gasteiger partial charge is 0.257 e. The quantitative estimate of drug-likeness (QED) is 0.852. The molecule has 2 rings (SSSR count). The first kappa shape index (κ1) is 15.4. The molecule has 21 heavy (non-hydrogen) atoms. The minimum absolute atomic E-state index is 0.0237. The molecule has 0 unspecified atom stereocenters. The number of hydrogen-bond acceptors (Lipinski definition) is 3. The molecule has 1 heterocycles. The minimum atomic E-state index is -0.0237. The van der Waals surface area contributed by atoms with E-state index in [1.165, 1.54) is 0 Å². The normalized spacial score (nSPS) is 15.5. The van der Waals surface area contributed by atoms with Gasteiger partial charge >= 0.3 is 0 Å². The van der Waals surface area contributed by atoms with Crippen LogP contribution in [0.5, 0.6) is 5.75 Å². The second-order valence-corrected chi connectivity index (χ2v) is 5.08. The van der Waals surface area contributed by atoms with Crippen molar-refractivity contribution in [3.8, 4) is 5.75 Å². The summed E-state index contributed by atoms with van der Waals surface area (Å²) in [6.07, 6.45) is 0.808. The maximum atomic E-state index is 12.7. The van der Waals surface area contributed by atoms with Crippen LogP contribution >= 0.6 is 0 Å². The molecule has 1 fully saturated rings. The Labute approximate surface area is 125 Å². The summed E-state index contributed by atoms with van der Waals surface area (Å²) in [5, 5.41) is 0. The fourth-order valence-corrected chi connectivity index (χ4v) is 2.53. The van der Waals surface area contributed by atoms with E-state index in [9.17, 15) is 9.59 Å². The lowest BCUT2D eigenvalue weighted by Gasteiger charge is -2.22. The Kier molecular flexibility index (Phi) is 5.20. The first-order chi connectivity index (χ1) is 10.1. The van der Waals surface area contributed by atoms with Gasteiger partial charge in [-0.1, -0.05) is 12.1 Å². The van der Waals surface area contributed by atoms with Gasteiger partial charge in [0, 0.05) is 33.1 Å². The van der Waals surface area contributed by atoms with Crippen LogP contribution in [0.25, 0.3) is 0 Å². The zero-order valence-electron chi connectivity index (χ0n) is 12.7. The van der Waals surface area contributed by atoms with Crippen LogP contribution in [-0.2, 0) is 4.79 Å². The largest absolute Gasteiger partial charge is 0.493 e. The lowest BCUT2D eigenvalue weighted by atomic mass is 10.1. The molecule has 5 nitrogen and oxygen atoms in total. The van der Waals surface area contributed by atoms with Gasteiger partial charge in [-0.25, -0.2) is 0 Å². The molecule has 114 valence electrons. The van der Waals surface area contributed by atoms with E-state index in [4.69, 9.17) is 4.74 Å². The van der Waals surface area contributed by atoms with Crippen LogP contribution in [-0.4, -0.2) is 54.4 Å². The summed E-state index contributed by atoms with van der Waals surface area (Å²) in [5.41, 5.74) is 0.593. The molecule has 1 saturated heterocycles. The zero-order valence-corrected chi connectivity index (χ0v) is 12.7. The van der Waals surface area contributed by atoms with E-state index in [1.807, 2.05) is 25.1 Å². The van der Waals surface area contributed by atoms with Crippen LogP contribution < -0.4 is 4.74 Å². The predicted molar refractivity (Wildman–Crippen MR) is 80.4 cm³/mol. The third-order valence-electron chi connectivity index (χ3n) is 3.65. The van der Waals surface area contributed by atoms with E-state index in [0.29, 0.717) is 44.1 Å². The summed E-state index contributed by atoms with van der Waals surface area (Å²) >= 11 is 0. The molecule has 0 saturated carbocycles. The summed E-state index contributed by atoms with van der Waals surface area (Å²) in [7, 11) is 0. The number of para-hydroxylation sites is 1. The van der Waals surface area contributed by atoms with Crippen molar-refractivity contribution in [2.75, 3.05) is 32.8 Å². The summed E-state index contributed by atoms with van der Waals surface area (Å²) < 4.78 is 5.53. The van der Waals surface area contributed by atoms with E-state index in [1.54, 1.807) is 22.8 Å². The van der Waals surface area contributed by atoms with Crippen molar-refractivity contribution in [3.05, 3.63) is 29.8 Å². The van der Waals surface area contributed by atoms with Gasteiger partial charge in [-0.2, -0.15) is 0 Å². The van der Waals surface area contributed by atoms with Gasteiger partial charge in [0.15, 0.2) is 0 Å². The van der Waals surface area contributed by atoms with Crippen molar-refractivity contribution in [2.24, 2.45) is 0 Å². The molecule has 0 aromatic heterocycles. The standard InChI is InChI=1S/C16H22N2O3/c1-3-21-15-8-5-4-7-14(15)16(20)18-10-6-9-17(11-12-18)13(2)19/h4-5,7-8H,3,6,9-12H2,1-2H3. The molecule has 2 amide bonds. The number of ether oxygens (including phenoxy) is 1. The van der Waals surface area contributed by atoms with E-state index in [-0.39, 0.29) is 11.8 Å². The van der Waals surface area contributed by atoms with Gasteiger partial charge < -0.3 is 14.5 Å². The highest BCUT2D eigenvalue weighted by molar-refractivity contribution is 5.97. The molecule has 1 aromatic carbocycles. The van der Waals surface area contributed by atoms with Crippen LogP contribution in [0, 0.1) is 0 Å². The first-order valence-corrected chi connectivity index (χ1v) is 7.40. The Hall–Kier alpha value is -2.04. The SMILES string of the molecule is CCOc1ccccc1C(=O)N1CCCN(C(C)=O)CC1. The van der Waals surface area contributed by atoms with E-state index < -0.39 is 0 Å². The van der Waals surface area contributed by atoms with Gasteiger partial charge in [0.1, 0.15) is 5.75 Å². The average molecular weight is 290 g/mol. The van der Waals surface area contributed by atoms with Crippen LogP contribution in [0.2, 0.25) is 0 Å². The Morgan fingerprint density at radius 1 is 1.10 bits per heavy atom. The van der Waals surface area contributed by atoms with Crippen molar-refractivity contribution in [1.29, 1.82) is 0 Å². The third kappa shape index (κ3) is 3.74. The number of amides is 2. The maximum Gasteiger partial charge on any atom is 0.257 e. The molecule has 1 aromatic rings. The highest BCUT2D eigenvalue weighted by atomic mass is 16.5. The molecule has 0 spiro atoms. The molecular formula is C16H22N2O3. The number of nitrogens with zero attached hydrogens (tertiary/aromatic N) is 2. The molecule has 0 bridgehead atoms. The number of benzene rings is 1. The number of carbonyl (C=O) groups excluding carboxylic acids is 2. The van der Waals surface area contributed by atoms with Crippen molar-refractivity contribution in [3.63, 3.8) is 0 Å². The highest BCUT2D eigenvalue weighted by Gasteiger charge is 2.23. The van der Waals surface area contributed by atoms with E-state index in [2.05, 4.69) is 0 Å². The first-order valence-electron chi connectivity index (χ1n) is 7.40. The molecule has 0 radical (unpaired) electrons. The Bertz CT molecular complexity index is 516. The number of hydrogen-bond donors (Lipinski definition) is 0. The van der Waals surface area contributed by atoms with Gasteiger partial charge in [-0.15, -0.1) is 0 Å². The van der Waals surface area contributed by atoms with Gasteiger partial charge in [0.2, 0.25) is 5.91 Å². The fourth-order valence-electron chi connectivity index (χ4n) is 2.53. The van der Waals surface area contributed by atoms with Crippen molar-refractivity contribution >= 4 is 11.8 Å².